The van der Waals surface area contributed by atoms with E-state index in [9.17, 15) is 9.18 Å². The van der Waals surface area contributed by atoms with Crippen LogP contribution in [0.15, 0.2) is 29.1 Å². The molecule has 0 saturated carbocycles. The molecule has 4 nitrogen and oxygen atoms in total. The molecule has 1 aromatic carbocycles. The fraction of sp³-hybridized carbons (Fsp3) is 0.375. The molecular weight excluding hydrogens is 269 g/mol. The van der Waals surface area contributed by atoms with Gasteiger partial charge in [-0.2, -0.15) is 0 Å². The smallest absolute Gasteiger partial charge is 0.254 e. The number of H-pyrrole nitrogens is 1. The van der Waals surface area contributed by atoms with Gasteiger partial charge in [0.2, 0.25) is 0 Å². The highest BCUT2D eigenvalue weighted by Crippen LogP contribution is 2.13. The lowest BCUT2D eigenvalue weighted by molar-refractivity contribution is 0.278. The molecule has 110 valence electrons. The Labute approximate surface area is 122 Å². The predicted octanol–water partition coefficient (Wildman–Crippen LogP) is 1.82. The summed E-state index contributed by atoms with van der Waals surface area (Å²) in [5.74, 6) is 0.455. The summed E-state index contributed by atoms with van der Waals surface area (Å²) in [6.45, 7) is 4.12. The second-order valence-electron chi connectivity index (χ2n) is 5.48. The van der Waals surface area contributed by atoms with Crippen molar-refractivity contribution in [2.75, 3.05) is 13.1 Å². The van der Waals surface area contributed by atoms with E-state index in [1.165, 1.54) is 6.07 Å². The molecule has 2 heterocycles. The van der Waals surface area contributed by atoms with Crippen molar-refractivity contribution in [2.24, 2.45) is 0 Å². The molecule has 1 aromatic heterocycles. The van der Waals surface area contributed by atoms with Crippen LogP contribution in [0.25, 0.3) is 0 Å². The van der Waals surface area contributed by atoms with Crippen LogP contribution in [-0.2, 0) is 19.4 Å². The topological polar surface area (TPSA) is 49.0 Å². The van der Waals surface area contributed by atoms with Crippen molar-refractivity contribution >= 4 is 0 Å². The second kappa shape index (κ2) is 5.77. The van der Waals surface area contributed by atoms with Crippen molar-refractivity contribution in [3.05, 3.63) is 63.1 Å². The summed E-state index contributed by atoms with van der Waals surface area (Å²) in [6, 6.07) is 6.67. The predicted molar refractivity (Wildman–Crippen MR) is 78.7 cm³/mol. The number of nitrogens with one attached hydrogen (secondary N) is 1. The third kappa shape index (κ3) is 3.19. The Balaban J connectivity index is 1.76. The van der Waals surface area contributed by atoms with Gasteiger partial charge in [-0.25, -0.2) is 9.37 Å². The third-order valence-corrected chi connectivity index (χ3v) is 3.86. The van der Waals surface area contributed by atoms with Gasteiger partial charge in [0.05, 0.1) is 5.69 Å². The molecule has 0 aliphatic carbocycles. The SMILES string of the molecule is Cc1nc2c(c(=O)[nH]1)CCN(Cc1cccc(F)c1)CC2. The highest BCUT2D eigenvalue weighted by Gasteiger charge is 2.18. The van der Waals surface area contributed by atoms with E-state index in [0.29, 0.717) is 18.8 Å². The van der Waals surface area contributed by atoms with Crippen molar-refractivity contribution < 1.29 is 4.39 Å². The average Bonchev–Trinajstić information content (AvgIpc) is 2.62. The van der Waals surface area contributed by atoms with E-state index in [0.717, 1.165) is 36.3 Å². The Hall–Kier alpha value is -2.01. The standard InChI is InChI=1S/C16H18FN3O/c1-11-18-15-6-8-20(7-5-14(15)16(21)19-11)10-12-3-2-4-13(17)9-12/h2-4,9H,5-8,10H2,1H3,(H,18,19,21). The van der Waals surface area contributed by atoms with E-state index in [-0.39, 0.29) is 11.4 Å². The van der Waals surface area contributed by atoms with Crippen LogP contribution in [0, 0.1) is 12.7 Å². The van der Waals surface area contributed by atoms with Gasteiger partial charge < -0.3 is 4.98 Å². The monoisotopic (exact) mass is 287 g/mol. The minimum absolute atomic E-state index is 0.0231. The van der Waals surface area contributed by atoms with Gasteiger partial charge in [-0.15, -0.1) is 0 Å². The van der Waals surface area contributed by atoms with E-state index in [2.05, 4.69) is 14.9 Å². The normalized spacial score (nSPS) is 15.5. The average molecular weight is 287 g/mol. The number of benzene rings is 1. The zero-order chi connectivity index (χ0) is 14.8. The minimum atomic E-state index is -0.209. The van der Waals surface area contributed by atoms with Gasteiger partial charge in [-0.05, 0) is 31.0 Å². The quantitative estimate of drug-likeness (QED) is 0.916. The third-order valence-electron chi connectivity index (χ3n) is 3.86. The van der Waals surface area contributed by atoms with Crippen LogP contribution in [0.1, 0.15) is 22.6 Å². The Morgan fingerprint density at radius 1 is 1.33 bits per heavy atom. The molecule has 2 aromatic rings. The first-order valence-corrected chi connectivity index (χ1v) is 7.17. The molecule has 0 radical (unpaired) electrons. The van der Waals surface area contributed by atoms with Crippen LogP contribution in [-0.4, -0.2) is 28.0 Å². The lowest BCUT2D eigenvalue weighted by Gasteiger charge is -2.19. The molecule has 0 amide bonds. The molecule has 0 atom stereocenters. The highest BCUT2D eigenvalue weighted by molar-refractivity contribution is 5.21. The van der Waals surface area contributed by atoms with Crippen LogP contribution < -0.4 is 5.56 Å². The number of aryl methyl sites for hydroxylation is 1. The largest absolute Gasteiger partial charge is 0.311 e. The van der Waals surface area contributed by atoms with Crippen molar-refractivity contribution in [1.29, 1.82) is 0 Å². The number of aromatic nitrogens is 2. The number of hydrogen-bond acceptors (Lipinski definition) is 3. The van der Waals surface area contributed by atoms with Gasteiger partial charge in [0, 0.05) is 31.6 Å². The van der Waals surface area contributed by atoms with Crippen molar-refractivity contribution in [3.63, 3.8) is 0 Å². The summed E-state index contributed by atoms with van der Waals surface area (Å²) < 4.78 is 13.2. The molecule has 3 rings (SSSR count). The second-order valence-corrected chi connectivity index (χ2v) is 5.48. The Bertz CT molecular complexity index is 711. The zero-order valence-corrected chi connectivity index (χ0v) is 12.0. The van der Waals surface area contributed by atoms with Gasteiger partial charge in [0.1, 0.15) is 11.6 Å². The Morgan fingerprint density at radius 2 is 2.14 bits per heavy atom. The number of fused-ring (bicyclic) bond motifs is 1. The summed E-state index contributed by atoms with van der Waals surface area (Å²) in [7, 11) is 0. The number of nitrogens with zero attached hydrogens (tertiary/aromatic N) is 2. The lowest BCUT2D eigenvalue weighted by atomic mass is 10.1. The first-order chi connectivity index (χ1) is 10.1. The molecule has 1 aliphatic heterocycles. The molecule has 5 heteroatoms. The van der Waals surface area contributed by atoms with Crippen molar-refractivity contribution in [2.45, 2.75) is 26.3 Å². The maximum atomic E-state index is 13.2. The number of halogens is 1. The summed E-state index contributed by atoms with van der Waals surface area (Å²) >= 11 is 0. The van der Waals surface area contributed by atoms with Crippen molar-refractivity contribution in [3.8, 4) is 0 Å². The Morgan fingerprint density at radius 3 is 2.95 bits per heavy atom. The molecule has 0 unspecified atom stereocenters. The van der Waals surface area contributed by atoms with Crippen LogP contribution in [0.4, 0.5) is 4.39 Å². The number of hydrogen-bond donors (Lipinski definition) is 1. The van der Waals surface area contributed by atoms with E-state index in [1.807, 2.05) is 6.07 Å². The highest BCUT2D eigenvalue weighted by atomic mass is 19.1. The summed E-state index contributed by atoms with van der Waals surface area (Å²) in [6.07, 6.45) is 1.45. The molecule has 1 N–H and O–H groups in total. The minimum Gasteiger partial charge on any atom is -0.311 e. The summed E-state index contributed by atoms with van der Waals surface area (Å²) in [5.41, 5.74) is 2.63. The van der Waals surface area contributed by atoms with Crippen LogP contribution >= 0.6 is 0 Å². The van der Waals surface area contributed by atoms with Gasteiger partial charge >= 0.3 is 0 Å². The molecule has 21 heavy (non-hydrogen) atoms. The summed E-state index contributed by atoms with van der Waals surface area (Å²) in [5, 5.41) is 0. The molecule has 0 saturated heterocycles. The van der Waals surface area contributed by atoms with Gasteiger partial charge in [-0.3, -0.25) is 9.69 Å². The van der Waals surface area contributed by atoms with E-state index >= 15 is 0 Å². The maximum absolute atomic E-state index is 13.2. The molecule has 0 spiro atoms. The van der Waals surface area contributed by atoms with Crippen molar-refractivity contribution in [1.82, 2.24) is 14.9 Å². The first kappa shape index (κ1) is 13.9. The lowest BCUT2D eigenvalue weighted by Crippen LogP contribution is -2.26. The maximum Gasteiger partial charge on any atom is 0.254 e. The zero-order valence-electron chi connectivity index (χ0n) is 12.0. The van der Waals surface area contributed by atoms with Crippen LogP contribution in [0.2, 0.25) is 0 Å². The fourth-order valence-electron chi connectivity index (χ4n) is 2.83. The van der Waals surface area contributed by atoms with Gasteiger partial charge in [-0.1, -0.05) is 12.1 Å². The molecule has 0 bridgehead atoms. The van der Waals surface area contributed by atoms with Crippen LogP contribution in [0.5, 0.6) is 0 Å². The summed E-state index contributed by atoms with van der Waals surface area (Å²) in [4.78, 5) is 21.4. The number of rotatable bonds is 2. The van der Waals surface area contributed by atoms with Gasteiger partial charge in [0.25, 0.3) is 5.56 Å². The van der Waals surface area contributed by atoms with E-state index in [4.69, 9.17) is 0 Å². The van der Waals surface area contributed by atoms with Gasteiger partial charge in [0.15, 0.2) is 0 Å². The number of aromatic amines is 1. The molecule has 0 fully saturated rings. The van der Waals surface area contributed by atoms with E-state index in [1.54, 1.807) is 19.1 Å². The first-order valence-electron chi connectivity index (χ1n) is 7.17. The van der Waals surface area contributed by atoms with Crippen LogP contribution in [0.3, 0.4) is 0 Å². The molecule has 1 aliphatic rings. The van der Waals surface area contributed by atoms with E-state index < -0.39 is 0 Å². The molecular formula is C16H18FN3O. The fourth-order valence-corrected chi connectivity index (χ4v) is 2.83. The Kier molecular flexibility index (Phi) is 3.84.